The number of hydrogen-bond acceptors (Lipinski definition) is 5. The molecule has 0 atom stereocenters. The second-order valence-corrected chi connectivity index (χ2v) is 6.71. The van der Waals surface area contributed by atoms with Gasteiger partial charge in [0.15, 0.2) is 0 Å². The van der Waals surface area contributed by atoms with Gasteiger partial charge in [-0.1, -0.05) is 24.3 Å². The average Bonchev–Trinajstić information content (AvgIpc) is 3.07. The van der Waals surface area contributed by atoms with Gasteiger partial charge >= 0.3 is 0 Å². The summed E-state index contributed by atoms with van der Waals surface area (Å²) in [6.45, 7) is 1.97. The summed E-state index contributed by atoms with van der Waals surface area (Å²) in [5.41, 5.74) is 8.72. The van der Waals surface area contributed by atoms with Crippen molar-refractivity contribution in [2.75, 3.05) is 17.2 Å². The summed E-state index contributed by atoms with van der Waals surface area (Å²) in [4.78, 5) is 28.1. The van der Waals surface area contributed by atoms with E-state index < -0.39 is 5.91 Å². The second kappa shape index (κ2) is 7.79. The Morgan fingerprint density at radius 2 is 1.96 bits per heavy atom. The van der Waals surface area contributed by atoms with E-state index in [-0.39, 0.29) is 12.5 Å². The van der Waals surface area contributed by atoms with Crippen molar-refractivity contribution in [1.82, 2.24) is 4.98 Å². The zero-order chi connectivity index (χ0) is 18.5. The Bertz CT molecular complexity index is 952. The molecule has 0 saturated carbocycles. The molecule has 7 heteroatoms. The SMILES string of the molecule is Cc1nc(-c2cccc(NC(=O)CNc3ccccc3C(N)=O)c2)cs1. The summed E-state index contributed by atoms with van der Waals surface area (Å²) in [5.74, 6) is -0.768. The number of aryl methyl sites for hydroxylation is 1. The fourth-order valence-electron chi connectivity index (χ4n) is 2.49. The topological polar surface area (TPSA) is 97.1 Å². The van der Waals surface area contributed by atoms with Crippen molar-refractivity contribution < 1.29 is 9.59 Å². The third kappa shape index (κ3) is 4.25. The first kappa shape index (κ1) is 17.6. The Hall–Kier alpha value is -3.19. The number of benzene rings is 2. The minimum absolute atomic E-state index is 0.0182. The van der Waals surface area contributed by atoms with Gasteiger partial charge in [0.05, 0.1) is 22.8 Å². The van der Waals surface area contributed by atoms with Crippen LogP contribution in [0.2, 0.25) is 0 Å². The molecule has 2 aromatic carbocycles. The number of aromatic nitrogens is 1. The first-order valence-electron chi connectivity index (χ1n) is 7.98. The van der Waals surface area contributed by atoms with Crippen LogP contribution in [0.5, 0.6) is 0 Å². The highest BCUT2D eigenvalue weighted by Gasteiger charge is 2.09. The zero-order valence-electron chi connectivity index (χ0n) is 14.2. The number of hydrogen-bond donors (Lipinski definition) is 3. The third-order valence-corrected chi connectivity index (χ3v) is 4.47. The van der Waals surface area contributed by atoms with Gasteiger partial charge in [-0.15, -0.1) is 11.3 Å². The van der Waals surface area contributed by atoms with Crippen LogP contribution >= 0.6 is 11.3 Å². The number of para-hydroxylation sites is 1. The number of primary amides is 1. The molecule has 3 rings (SSSR count). The summed E-state index contributed by atoms with van der Waals surface area (Å²) in [7, 11) is 0. The number of nitrogens with two attached hydrogens (primary N) is 1. The number of thiazole rings is 1. The van der Waals surface area contributed by atoms with Crippen molar-refractivity contribution >= 4 is 34.5 Å². The number of amides is 2. The van der Waals surface area contributed by atoms with Crippen LogP contribution in [-0.2, 0) is 4.79 Å². The summed E-state index contributed by atoms with van der Waals surface area (Å²) >= 11 is 1.58. The number of nitrogens with zero attached hydrogens (tertiary/aromatic N) is 1. The van der Waals surface area contributed by atoms with Gasteiger partial charge in [-0.25, -0.2) is 4.98 Å². The third-order valence-electron chi connectivity index (χ3n) is 3.69. The van der Waals surface area contributed by atoms with Crippen LogP contribution in [0, 0.1) is 6.92 Å². The van der Waals surface area contributed by atoms with Crippen molar-refractivity contribution in [2.24, 2.45) is 5.73 Å². The molecule has 3 aromatic rings. The maximum atomic E-state index is 12.2. The Balaban J connectivity index is 1.65. The van der Waals surface area contributed by atoms with E-state index in [0.717, 1.165) is 16.3 Å². The molecule has 26 heavy (non-hydrogen) atoms. The van der Waals surface area contributed by atoms with Crippen LogP contribution in [-0.4, -0.2) is 23.3 Å². The zero-order valence-corrected chi connectivity index (χ0v) is 15.0. The largest absolute Gasteiger partial charge is 0.376 e. The Labute approximate surface area is 155 Å². The predicted molar refractivity (Wildman–Crippen MR) is 104 cm³/mol. The summed E-state index contributed by atoms with van der Waals surface area (Å²) in [6.07, 6.45) is 0. The molecule has 2 amide bonds. The van der Waals surface area contributed by atoms with Crippen molar-refractivity contribution in [2.45, 2.75) is 6.92 Å². The minimum atomic E-state index is -0.542. The molecular weight excluding hydrogens is 348 g/mol. The van der Waals surface area contributed by atoms with Gasteiger partial charge in [0.2, 0.25) is 5.91 Å². The summed E-state index contributed by atoms with van der Waals surface area (Å²) in [5, 5.41) is 8.75. The van der Waals surface area contributed by atoms with E-state index in [4.69, 9.17) is 5.73 Å². The molecule has 1 aromatic heterocycles. The maximum absolute atomic E-state index is 12.2. The van der Waals surface area contributed by atoms with Crippen molar-refractivity contribution in [3.8, 4) is 11.3 Å². The standard InChI is InChI=1S/C19H18N4O2S/c1-12-22-17(11-26-12)13-5-4-6-14(9-13)23-18(24)10-21-16-8-3-2-7-15(16)19(20)25/h2-9,11,21H,10H2,1H3,(H2,20,25)(H,23,24). The second-order valence-electron chi connectivity index (χ2n) is 5.64. The normalized spacial score (nSPS) is 10.3. The molecule has 0 aliphatic heterocycles. The van der Waals surface area contributed by atoms with E-state index >= 15 is 0 Å². The molecule has 4 N–H and O–H groups in total. The van der Waals surface area contributed by atoms with Crippen molar-refractivity contribution in [3.63, 3.8) is 0 Å². The molecule has 1 heterocycles. The molecule has 0 unspecified atom stereocenters. The van der Waals surface area contributed by atoms with Gasteiger partial charge in [-0.05, 0) is 31.2 Å². The molecule has 0 aliphatic rings. The van der Waals surface area contributed by atoms with Gasteiger partial charge in [-0.2, -0.15) is 0 Å². The molecule has 0 spiro atoms. The lowest BCUT2D eigenvalue weighted by atomic mass is 10.1. The highest BCUT2D eigenvalue weighted by atomic mass is 32.1. The highest BCUT2D eigenvalue weighted by Crippen LogP contribution is 2.24. The average molecular weight is 366 g/mol. The van der Waals surface area contributed by atoms with Gasteiger partial charge < -0.3 is 16.4 Å². The summed E-state index contributed by atoms with van der Waals surface area (Å²) in [6, 6.07) is 14.3. The smallest absolute Gasteiger partial charge is 0.250 e. The molecule has 0 aliphatic carbocycles. The molecule has 0 saturated heterocycles. The fourth-order valence-corrected chi connectivity index (χ4v) is 3.11. The van der Waals surface area contributed by atoms with E-state index in [2.05, 4.69) is 15.6 Å². The number of nitrogens with one attached hydrogen (secondary N) is 2. The van der Waals surface area contributed by atoms with Gasteiger partial charge in [0.1, 0.15) is 0 Å². The lowest BCUT2D eigenvalue weighted by Gasteiger charge is -2.11. The Kier molecular flexibility index (Phi) is 5.28. The quantitative estimate of drug-likeness (QED) is 0.624. The van der Waals surface area contributed by atoms with Crippen molar-refractivity contribution in [3.05, 3.63) is 64.5 Å². The maximum Gasteiger partial charge on any atom is 0.250 e. The van der Waals surface area contributed by atoms with Crippen molar-refractivity contribution in [1.29, 1.82) is 0 Å². The molecule has 132 valence electrons. The molecule has 0 bridgehead atoms. The van der Waals surface area contributed by atoms with Gasteiger partial charge in [-0.3, -0.25) is 9.59 Å². The Morgan fingerprint density at radius 3 is 2.69 bits per heavy atom. The number of rotatable bonds is 6. The number of carbonyl (C=O) groups excluding carboxylic acids is 2. The van der Waals surface area contributed by atoms with E-state index in [1.807, 2.05) is 36.6 Å². The first-order chi connectivity index (χ1) is 12.5. The van der Waals surface area contributed by atoms with Gasteiger partial charge in [0, 0.05) is 22.3 Å². The van der Waals surface area contributed by atoms with Crippen LogP contribution in [0.25, 0.3) is 11.3 Å². The van der Waals surface area contributed by atoms with Crippen LogP contribution in [0.4, 0.5) is 11.4 Å². The monoisotopic (exact) mass is 366 g/mol. The first-order valence-corrected chi connectivity index (χ1v) is 8.86. The van der Waals surface area contributed by atoms with Crippen LogP contribution in [0.15, 0.2) is 53.9 Å². The molecular formula is C19H18N4O2S. The highest BCUT2D eigenvalue weighted by molar-refractivity contribution is 7.09. The number of anilines is 2. The fraction of sp³-hybridized carbons (Fsp3) is 0.105. The molecule has 6 nitrogen and oxygen atoms in total. The van der Waals surface area contributed by atoms with E-state index in [9.17, 15) is 9.59 Å². The molecule has 0 fully saturated rings. The van der Waals surface area contributed by atoms with E-state index in [1.165, 1.54) is 0 Å². The minimum Gasteiger partial charge on any atom is -0.376 e. The van der Waals surface area contributed by atoms with E-state index in [0.29, 0.717) is 16.9 Å². The Morgan fingerprint density at radius 1 is 1.15 bits per heavy atom. The lowest BCUT2D eigenvalue weighted by molar-refractivity contribution is -0.114. The van der Waals surface area contributed by atoms with E-state index in [1.54, 1.807) is 35.6 Å². The van der Waals surface area contributed by atoms with Crippen LogP contribution in [0.1, 0.15) is 15.4 Å². The lowest BCUT2D eigenvalue weighted by Crippen LogP contribution is -2.23. The van der Waals surface area contributed by atoms with Crippen LogP contribution < -0.4 is 16.4 Å². The van der Waals surface area contributed by atoms with Gasteiger partial charge in [0.25, 0.3) is 5.91 Å². The molecule has 0 radical (unpaired) electrons. The summed E-state index contributed by atoms with van der Waals surface area (Å²) < 4.78 is 0. The number of carbonyl (C=O) groups is 2. The predicted octanol–water partition coefficient (Wildman–Crippen LogP) is 3.27. The van der Waals surface area contributed by atoms with Crippen LogP contribution in [0.3, 0.4) is 0 Å².